The fraction of sp³-hybridized carbons (Fsp3) is 1.00. The van der Waals surface area contributed by atoms with Gasteiger partial charge in [-0.15, -0.1) is 11.8 Å². The lowest BCUT2D eigenvalue weighted by atomic mass is 10.2. The molecule has 3 fully saturated rings. The molecule has 0 aromatic carbocycles. The zero-order valence-corrected chi connectivity index (χ0v) is 7.97. The van der Waals surface area contributed by atoms with Crippen molar-refractivity contribution in [3.05, 3.63) is 0 Å². The zero-order chi connectivity index (χ0) is 8.34. The van der Waals surface area contributed by atoms with Crippen LogP contribution in [0.15, 0.2) is 0 Å². The summed E-state index contributed by atoms with van der Waals surface area (Å²) >= 11 is 1.84. The van der Waals surface area contributed by atoms with Crippen molar-refractivity contribution in [1.29, 1.82) is 0 Å². The topological polar surface area (TPSA) is 27.7 Å². The number of ether oxygens (including phenoxy) is 3. The standard InChI is InChI=1S/C8H12O3S/c1-8(2)10-5-4-3-12-7(9-4)6(5)11-8/h4-7H,3H2,1-2H3/t4-,5-,6-,7+/m1/s1. The molecule has 0 aromatic rings. The Morgan fingerprint density at radius 3 is 2.75 bits per heavy atom. The Kier molecular flexibility index (Phi) is 1.38. The van der Waals surface area contributed by atoms with E-state index in [4.69, 9.17) is 14.2 Å². The minimum absolute atomic E-state index is 0.170. The Morgan fingerprint density at radius 1 is 1.25 bits per heavy atom. The molecular weight excluding hydrogens is 176 g/mol. The lowest BCUT2D eigenvalue weighted by Gasteiger charge is -2.19. The molecule has 4 heteroatoms. The summed E-state index contributed by atoms with van der Waals surface area (Å²) in [6.07, 6.45) is 0.627. The van der Waals surface area contributed by atoms with Gasteiger partial charge in [0.05, 0.1) is 6.10 Å². The fourth-order valence-electron chi connectivity index (χ4n) is 2.10. The van der Waals surface area contributed by atoms with Crippen molar-refractivity contribution < 1.29 is 14.2 Å². The molecular formula is C8H12O3S. The third-order valence-corrected chi connectivity index (χ3v) is 3.76. The molecule has 0 spiro atoms. The van der Waals surface area contributed by atoms with Gasteiger partial charge in [-0.05, 0) is 13.8 Å². The highest BCUT2D eigenvalue weighted by Gasteiger charge is 2.58. The maximum Gasteiger partial charge on any atom is 0.164 e. The van der Waals surface area contributed by atoms with Crippen molar-refractivity contribution >= 4 is 11.8 Å². The summed E-state index contributed by atoms with van der Waals surface area (Å²) in [7, 11) is 0. The Morgan fingerprint density at radius 2 is 2.00 bits per heavy atom. The van der Waals surface area contributed by atoms with E-state index in [9.17, 15) is 0 Å². The minimum Gasteiger partial charge on any atom is -0.358 e. The van der Waals surface area contributed by atoms with Gasteiger partial charge in [-0.3, -0.25) is 0 Å². The predicted molar refractivity (Wildman–Crippen MR) is 44.9 cm³/mol. The van der Waals surface area contributed by atoms with E-state index in [1.165, 1.54) is 0 Å². The van der Waals surface area contributed by atoms with Crippen LogP contribution >= 0.6 is 11.8 Å². The van der Waals surface area contributed by atoms with Gasteiger partial charge in [0.1, 0.15) is 17.6 Å². The molecule has 0 N–H and O–H groups in total. The number of thioether (sulfide) groups is 1. The quantitative estimate of drug-likeness (QED) is 0.566. The summed E-state index contributed by atoms with van der Waals surface area (Å²) < 4.78 is 17.1. The molecule has 0 aromatic heterocycles. The van der Waals surface area contributed by atoms with Crippen LogP contribution in [-0.4, -0.2) is 35.3 Å². The van der Waals surface area contributed by atoms with Gasteiger partial charge in [0.15, 0.2) is 5.79 Å². The second kappa shape index (κ2) is 2.18. The molecule has 3 aliphatic rings. The summed E-state index contributed by atoms with van der Waals surface area (Å²) in [5, 5.41) is 0. The van der Waals surface area contributed by atoms with Gasteiger partial charge < -0.3 is 14.2 Å². The molecule has 12 heavy (non-hydrogen) atoms. The molecule has 3 saturated heterocycles. The molecule has 0 amide bonds. The van der Waals surface area contributed by atoms with Crippen LogP contribution in [0.2, 0.25) is 0 Å². The van der Waals surface area contributed by atoms with Crippen molar-refractivity contribution in [2.24, 2.45) is 0 Å². The number of hydrogen-bond acceptors (Lipinski definition) is 4. The summed E-state index contributed by atoms with van der Waals surface area (Å²) in [6, 6.07) is 0. The van der Waals surface area contributed by atoms with Gasteiger partial charge in [0.25, 0.3) is 0 Å². The molecule has 0 radical (unpaired) electrons. The Bertz CT molecular complexity index is 198. The molecule has 3 heterocycles. The van der Waals surface area contributed by atoms with Crippen molar-refractivity contribution in [3.63, 3.8) is 0 Å². The number of rotatable bonds is 0. The van der Waals surface area contributed by atoms with E-state index < -0.39 is 5.79 Å². The molecule has 0 saturated carbocycles. The molecule has 0 aliphatic carbocycles. The summed E-state index contributed by atoms with van der Waals surface area (Å²) in [5.74, 6) is 0.659. The van der Waals surface area contributed by atoms with Crippen molar-refractivity contribution in [3.8, 4) is 0 Å². The predicted octanol–water partition coefficient (Wildman–Crippen LogP) is 0.978. The first kappa shape index (κ1) is 7.62. The zero-order valence-electron chi connectivity index (χ0n) is 7.15. The molecule has 3 rings (SSSR count). The van der Waals surface area contributed by atoms with E-state index in [1.54, 1.807) is 0 Å². The highest BCUT2D eigenvalue weighted by Crippen LogP contribution is 2.47. The van der Waals surface area contributed by atoms with Crippen LogP contribution in [0.1, 0.15) is 13.8 Å². The number of hydrogen-bond donors (Lipinski definition) is 0. The Balaban J connectivity index is 1.87. The van der Waals surface area contributed by atoms with Crippen LogP contribution in [0.3, 0.4) is 0 Å². The number of fused-ring (bicyclic) bond motifs is 5. The fourth-order valence-corrected chi connectivity index (χ4v) is 3.37. The van der Waals surface area contributed by atoms with E-state index >= 15 is 0 Å². The van der Waals surface area contributed by atoms with Crippen LogP contribution in [0, 0.1) is 0 Å². The molecule has 68 valence electrons. The Hall–Kier alpha value is 0.230. The lowest BCUT2D eigenvalue weighted by Crippen LogP contribution is -2.33. The minimum atomic E-state index is -0.402. The van der Waals surface area contributed by atoms with Crippen LogP contribution in [0.5, 0.6) is 0 Å². The average molecular weight is 188 g/mol. The second-order valence-corrected chi connectivity index (χ2v) is 5.07. The maximum absolute atomic E-state index is 5.75. The normalized spacial score (nSPS) is 54.5. The maximum atomic E-state index is 5.75. The van der Waals surface area contributed by atoms with Crippen molar-refractivity contribution in [1.82, 2.24) is 0 Å². The van der Waals surface area contributed by atoms with Crippen molar-refractivity contribution in [2.75, 3.05) is 5.75 Å². The van der Waals surface area contributed by atoms with Gasteiger partial charge in [-0.25, -0.2) is 0 Å². The third kappa shape index (κ3) is 0.894. The lowest BCUT2D eigenvalue weighted by molar-refractivity contribution is -0.173. The largest absolute Gasteiger partial charge is 0.358 e. The van der Waals surface area contributed by atoms with E-state index in [0.717, 1.165) is 5.75 Å². The van der Waals surface area contributed by atoms with Crippen LogP contribution in [0.25, 0.3) is 0 Å². The van der Waals surface area contributed by atoms with Crippen LogP contribution < -0.4 is 0 Å². The summed E-state index contributed by atoms with van der Waals surface area (Å²) in [6.45, 7) is 3.94. The monoisotopic (exact) mass is 188 g/mol. The molecule has 3 nitrogen and oxygen atoms in total. The van der Waals surface area contributed by atoms with E-state index in [0.29, 0.717) is 0 Å². The van der Waals surface area contributed by atoms with Crippen LogP contribution in [-0.2, 0) is 14.2 Å². The third-order valence-electron chi connectivity index (χ3n) is 2.53. The van der Waals surface area contributed by atoms with Gasteiger partial charge in [0, 0.05) is 5.75 Å². The first-order valence-corrected chi connectivity index (χ1v) is 5.33. The second-order valence-electron chi connectivity index (χ2n) is 3.94. The average Bonchev–Trinajstić information content (AvgIpc) is 2.54. The van der Waals surface area contributed by atoms with Gasteiger partial charge in [-0.2, -0.15) is 0 Å². The van der Waals surface area contributed by atoms with Crippen molar-refractivity contribution in [2.45, 2.75) is 43.4 Å². The molecule has 2 bridgehead atoms. The summed E-state index contributed by atoms with van der Waals surface area (Å²) in [4.78, 5) is 0. The molecule has 4 atom stereocenters. The highest BCUT2D eigenvalue weighted by atomic mass is 32.2. The van der Waals surface area contributed by atoms with Gasteiger partial charge in [-0.1, -0.05) is 0 Å². The Labute approximate surface area is 75.7 Å². The first-order chi connectivity index (χ1) is 5.66. The smallest absolute Gasteiger partial charge is 0.164 e. The summed E-state index contributed by atoms with van der Waals surface area (Å²) in [5.41, 5.74) is 0.224. The van der Waals surface area contributed by atoms with Gasteiger partial charge in [0.2, 0.25) is 0 Å². The molecule has 0 unspecified atom stereocenters. The van der Waals surface area contributed by atoms with Gasteiger partial charge >= 0.3 is 0 Å². The van der Waals surface area contributed by atoms with Crippen LogP contribution in [0.4, 0.5) is 0 Å². The molecule has 3 aliphatic heterocycles. The highest BCUT2D eigenvalue weighted by molar-refractivity contribution is 8.00. The van der Waals surface area contributed by atoms with E-state index in [1.807, 2.05) is 25.6 Å². The van der Waals surface area contributed by atoms with E-state index in [2.05, 4.69) is 0 Å². The van der Waals surface area contributed by atoms with E-state index in [-0.39, 0.29) is 23.7 Å². The first-order valence-electron chi connectivity index (χ1n) is 4.28. The SMILES string of the molecule is CC1(C)O[C@@H]2[C@H](O1)[C@H]1CS[C@@H]2O1.